The summed E-state index contributed by atoms with van der Waals surface area (Å²) in [7, 11) is 2.10. The number of fused-ring (bicyclic) bond motifs is 1. The van der Waals surface area contributed by atoms with Crippen molar-refractivity contribution in [3.8, 4) is 17.2 Å². The molecule has 0 amide bonds. The van der Waals surface area contributed by atoms with E-state index in [-0.39, 0.29) is 0 Å². The van der Waals surface area contributed by atoms with Gasteiger partial charge in [0.1, 0.15) is 6.33 Å². The van der Waals surface area contributed by atoms with Crippen molar-refractivity contribution in [2.75, 3.05) is 0 Å². The summed E-state index contributed by atoms with van der Waals surface area (Å²) in [5.41, 5.74) is 4.74. The molecule has 0 aliphatic carbocycles. The van der Waals surface area contributed by atoms with E-state index < -0.39 is 0 Å². The average Bonchev–Trinajstić information content (AvgIpc) is 2.89. The van der Waals surface area contributed by atoms with Crippen LogP contribution in [-0.2, 0) is 7.05 Å². The quantitative estimate of drug-likeness (QED) is 0.533. The van der Waals surface area contributed by atoms with Crippen molar-refractivity contribution in [3.05, 3.63) is 72.7 Å². The SMILES string of the molecule is Cc1ccccc1-c1n(-c2ccncn2)c2ccccc2[n+]1C. The van der Waals surface area contributed by atoms with Crippen molar-refractivity contribution in [2.24, 2.45) is 7.05 Å². The molecule has 112 valence electrons. The zero-order valence-corrected chi connectivity index (χ0v) is 13.1. The van der Waals surface area contributed by atoms with Crippen molar-refractivity contribution >= 4 is 11.0 Å². The Bertz CT molecular complexity index is 987. The number of benzene rings is 2. The van der Waals surface area contributed by atoms with Crippen molar-refractivity contribution in [3.63, 3.8) is 0 Å². The van der Waals surface area contributed by atoms with Gasteiger partial charge in [0.25, 0.3) is 5.82 Å². The van der Waals surface area contributed by atoms with Crippen LogP contribution in [0.15, 0.2) is 67.1 Å². The maximum atomic E-state index is 4.47. The number of hydrogen-bond acceptors (Lipinski definition) is 2. The summed E-state index contributed by atoms with van der Waals surface area (Å²) in [6.07, 6.45) is 3.37. The molecule has 2 aromatic carbocycles. The first-order valence-electron chi connectivity index (χ1n) is 7.59. The summed E-state index contributed by atoms with van der Waals surface area (Å²) >= 11 is 0. The van der Waals surface area contributed by atoms with Gasteiger partial charge in [-0.2, -0.15) is 9.55 Å². The highest BCUT2D eigenvalue weighted by atomic mass is 15.2. The first kappa shape index (κ1) is 13.6. The van der Waals surface area contributed by atoms with Crippen LogP contribution in [0.3, 0.4) is 0 Å². The molecule has 4 rings (SSSR count). The molecular weight excluding hydrogens is 284 g/mol. The maximum absolute atomic E-state index is 4.47. The largest absolute Gasteiger partial charge is 0.296 e. The molecule has 0 unspecified atom stereocenters. The highest BCUT2D eigenvalue weighted by Crippen LogP contribution is 2.27. The van der Waals surface area contributed by atoms with E-state index in [0.717, 1.165) is 17.2 Å². The molecule has 4 heteroatoms. The minimum absolute atomic E-state index is 0.870. The van der Waals surface area contributed by atoms with Gasteiger partial charge in [-0.1, -0.05) is 30.3 Å². The molecule has 0 atom stereocenters. The van der Waals surface area contributed by atoms with Crippen molar-refractivity contribution in [1.82, 2.24) is 14.5 Å². The first-order chi connectivity index (χ1) is 11.3. The molecular formula is C19H17N4+. The molecule has 0 N–H and O–H groups in total. The lowest BCUT2D eigenvalue weighted by atomic mass is 10.1. The van der Waals surface area contributed by atoms with Crippen LogP contribution in [-0.4, -0.2) is 14.5 Å². The number of hydrogen-bond donors (Lipinski definition) is 0. The van der Waals surface area contributed by atoms with Crippen LogP contribution in [0.1, 0.15) is 5.56 Å². The number of imidazole rings is 1. The first-order valence-corrected chi connectivity index (χ1v) is 7.59. The summed E-state index contributed by atoms with van der Waals surface area (Å²) < 4.78 is 4.42. The molecule has 0 aliphatic heterocycles. The van der Waals surface area contributed by atoms with Gasteiger partial charge in [0.05, 0.1) is 12.6 Å². The summed E-state index contributed by atoms with van der Waals surface area (Å²) in [5.74, 6) is 1.98. The third-order valence-electron chi connectivity index (χ3n) is 4.19. The van der Waals surface area contributed by atoms with E-state index in [0.29, 0.717) is 0 Å². The lowest BCUT2D eigenvalue weighted by Gasteiger charge is -2.05. The predicted octanol–water partition coefficient (Wildman–Crippen LogP) is 3.22. The van der Waals surface area contributed by atoms with E-state index in [2.05, 4.69) is 81.6 Å². The number of rotatable bonds is 2. The number of aryl methyl sites for hydroxylation is 2. The molecule has 0 fully saturated rings. The van der Waals surface area contributed by atoms with E-state index >= 15 is 0 Å². The van der Waals surface area contributed by atoms with E-state index in [9.17, 15) is 0 Å². The second-order valence-electron chi connectivity index (χ2n) is 5.59. The van der Waals surface area contributed by atoms with Gasteiger partial charge in [-0.25, -0.2) is 9.55 Å². The predicted molar refractivity (Wildman–Crippen MR) is 90.2 cm³/mol. The van der Waals surface area contributed by atoms with E-state index in [4.69, 9.17) is 0 Å². The molecule has 0 bridgehead atoms. The van der Waals surface area contributed by atoms with Gasteiger partial charge in [-0.3, -0.25) is 0 Å². The monoisotopic (exact) mass is 301 g/mol. The second kappa shape index (κ2) is 5.32. The fourth-order valence-electron chi connectivity index (χ4n) is 3.09. The van der Waals surface area contributed by atoms with E-state index in [1.807, 2.05) is 6.07 Å². The zero-order valence-electron chi connectivity index (χ0n) is 13.1. The highest BCUT2D eigenvalue weighted by Gasteiger charge is 2.27. The third-order valence-corrected chi connectivity index (χ3v) is 4.19. The van der Waals surface area contributed by atoms with Gasteiger partial charge < -0.3 is 0 Å². The number of para-hydroxylation sites is 2. The maximum Gasteiger partial charge on any atom is 0.296 e. The van der Waals surface area contributed by atoms with Crippen LogP contribution < -0.4 is 4.57 Å². The summed E-state index contributed by atoms with van der Waals surface area (Å²) in [4.78, 5) is 8.51. The molecule has 0 aliphatic rings. The Morgan fingerprint density at radius 1 is 0.957 bits per heavy atom. The standard InChI is InChI=1S/C19H17N4/c1-14-7-3-4-8-15(14)19-22(2)16-9-5-6-10-17(16)23(19)18-11-12-20-13-21-18/h3-13H,1-2H3/q+1. The van der Waals surface area contributed by atoms with Crippen LogP contribution in [0.25, 0.3) is 28.2 Å². The van der Waals surface area contributed by atoms with Crippen molar-refractivity contribution in [2.45, 2.75) is 6.92 Å². The Labute approximate surface area is 134 Å². The normalized spacial score (nSPS) is 11.0. The molecule has 0 spiro atoms. The van der Waals surface area contributed by atoms with E-state index in [1.165, 1.54) is 16.6 Å². The second-order valence-corrected chi connectivity index (χ2v) is 5.59. The van der Waals surface area contributed by atoms with Gasteiger partial charge in [0.15, 0.2) is 11.0 Å². The molecule has 2 aromatic heterocycles. The average molecular weight is 301 g/mol. The Balaban J connectivity index is 2.16. The van der Waals surface area contributed by atoms with Crippen molar-refractivity contribution in [1.29, 1.82) is 0 Å². The van der Waals surface area contributed by atoms with Crippen LogP contribution in [0, 0.1) is 6.92 Å². The Morgan fingerprint density at radius 3 is 2.52 bits per heavy atom. The van der Waals surface area contributed by atoms with Crippen LogP contribution in [0.2, 0.25) is 0 Å². The fraction of sp³-hybridized carbons (Fsp3) is 0.105. The van der Waals surface area contributed by atoms with Gasteiger partial charge in [-0.15, -0.1) is 0 Å². The van der Waals surface area contributed by atoms with Crippen LogP contribution in [0.5, 0.6) is 0 Å². The van der Waals surface area contributed by atoms with Crippen molar-refractivity contribution < 1.29 is 4.57 Å². The molecule has 2 heterocycles. The van der Waals surface area contributed by atoms with Gasteiger partial charge >= 0.3 is 0 Å². The third kappa shape index (κ3) is 2.11. The minimum Gasteiger partial charge on any atom is -0.244 e. The lowest BCUT2D eigenvalue weighted by Crippen LogP contribution is -2.30. The van der Waals surface area contributed by atoms with E-state index in [1.54, 1.807) is 12.5 Å². The molecule has 23 heavy (non-hydrogen) atoms. The number of nitrogens with zero attached hydrogens (tertiary/aromatic N) is 4. The van der Waals surface area contributed by atoms with Gasteiger partial charge in [0.2, 0.25) is 5.82 Å². The van der Waals surface area contributed by atoms with Crippen LogP contribution >= 0.6 is 0 Å². The lowest BCUT2D eigenvalue weighted by molar-refractivity contribution is -0.633. The Kier molecular flexibility index (Phi) is 3.15. The smallest absolute Gasteiger partial charge is 0.244 e. The number of aromatic nitrogens is 4. The summed E-state index contributed by atoms with van der Waals surface area (Å²) in [6, 6.07) is 18.7. The van der Waals surface area contributed by atoms with Crippen LogP contribution in [0.4, 0.5) is 0 Å². The van der Waals surface area contributed by atoms with Gasteiger partial charge in [-0.05, 0) is 30.7 Å². The minimum atomic E-state index is 0.870. The topological polar surface area (TPSA) is 34.6 Å². The highest BCUT2D eigenvalue weighted by molar-refractivity contribution is 5.79. The fourth-order valence-corrected chi connectivity index (χ4v) is 3.09. The molecule has 0 radical (unpaired) electrons. The molecule has 0 saturated carbocycles. The summed E-state index contributed by atoms with van der Waals surface area (Å²) in [5, 5.41) is 0. The Morgan fingerprint density at radius 2 is 1.74 bits per heavy atom. The molecule has 4 nitrogen and oxygen atoms in total. The molecule has 4 aromatic rings. The molecule has 0 saturated heterocycles. The van der Waals surface area contributed by atoms with Gasteiger partial charge in [0, 0.05) is 12.3 Å². The Hall–Kier alpha value is -3.01. The zero-order chi connectivity index (χ0) is 15.8. The summed E-state index contributed by atoms with van der Waals surface area (Å²) in [6.45, 7) is 2.14.